The zero-order chi connectivity index (χ0) is 18.1. The molecule has 4 aromatic rings. The van der Waals surface area contributed by atoms with Crippen LogP contribution >= 0.6 is 11.3 Å². The van der Waals surface area contributed by atoms with Gasteiger partial charge in [-0.25, -0.2) is 4.79 Å². The Morgan fingerprint density at radius 1 is 0.846 bits per heavy atom. The summed E-state index contributed by atoms with van der Waals surface area (Å²) in [6, 6.07) is 17.9. The summed E-state index contributed by atoms with van der Waals surface area (Å²) >= 11 is 1.38. The van der Waals surface area contributed by atoms with Crippen molar-refractivity contribution in [3.8, 4) is 23.2 Å². The molecule has 26 heavy (non-hydrogen) atoms. The maximum absolute atomic E-state index is 12.4. The molecule has 2 nitrogen and oxygen atoms in total. The van der Waals surface area contributed by atoms with Crippen LogP contribution in [0, 0.1) is 25.7 Å². The van der Waals surface area contributed by atoms with Crippen LogP contribution in [0.1, 0.15) is 22.3 Å². The predicted molar refractivity (Wildman–Crippen MR) is 108 cm³/mol. The Labute approximate surface area is 155 Å². The minimum absolute atomic E-state index is 0.313. The van der Waals surface area contributed by atoms with E-state index in [0.29, 0.717) is 10.5 Å². The molecular formula is C23H16O2S. The van der Waals surface area contributed by atoms with Crippen molar-refractivity contribution in [2.75, 3.05) is 0 Å². The lowest BCUT2D eigenvalue weighted by Crippen LogP contribution is -2.01. The molecule has 0 unspecified atom stereocenters. The highest BCUT2D eigenvalue weighted by Crippen LogP contribution is 2.30. The van der Waals surface area contributed by atoms with Crippen LogP contribution in [0.5, 0.6) is 0 Å². The molecular weight excluding hydrogens is 340 g/mol. The minimum atomic E-state index is -0.313. The van der Waals surface area contributed by atoms with Crippen molar-refractivity contribution >= 4 is 21.4 Å². The van der Waals surface area contributed by atoms with Crippen LogP contribution in [0.4, 0.5) is 0 Å². The molecule has 2 aromatic heterocycles. The van der Waals surface area contributed by atoms with Gasteiger partial charge in [0.15, 0.2) is 5.76 Å². The van der Waals surface area contributed by atoms with Crippen LogP contribution in [-0.4, -0.2) is 0 Å². The maximum Gasteiger partial charge on any atom is 0.354 e. The number of benzene rings is 2. The number of rotatable bonds is 1. The molecule has 0 bridgehead atoms. The van der Waals surface area contributed by atoms with Gasteiger partial charge in [-0.1, -0.05) is 59.4 Å². The van der Waals surface area contributed by atoms with Gasteiger partial charge in [0.1, 0.15) is 4.70 Å². The van der Waals surface area contributed by atoms with Crippen LogP contribution in [0.3, 0.4) is 0 Å². The first-order chi connectivity index (χ1) is 12.6. The molecule has 2 heterocycles. The topological polar surface area (TPSA) is 30.2 Å². The molecule has 0 fully saturated rings. The molecule has 126 valence electrons. The molecule has 0 N–H and O–H groups in total. The fourth-order valence-corrected chi connectivity index (χ4v) is 3.56. The van der Waals surface area contributed by atoms with Crippen LogP contribution in [-0.2, 0) is 0 Å². The number of hydrogen-bond acceptors (Lipinski definition) is 3. The maximum atomic E-state index is 12.4. The van der Waals surface area contributed by atoms with Crippen molar-refractivity contribution in [1.82, 2.24) is 0 Å². The van der Waals surface area contributed by atoms with Crippen molar-refractivity contribution < 1.29 is 4.42 Å². The summed E-state index contributed by atoms with van der Waals surface area (Å²) in [7, 11) is 0. The van der Waals surface area contributed by atoms with Gasteiger partial charge in [0.05, 0.1) is 5.56 Å². The summed E-state index contributed by atoms with van der Waals surface area (Å²) < 4.78 is 6.27. The molecule has 0 atom stereocenters. The Kier molecular flexibility index (Phi) is 4.20. The van der Waals surface area contributed by atoms with E-state index < -0.39 is 0 Å². The molecule has 4 rings (SSSR count). The lowest BCUT2D eigenvalue weighted by atomic mass is 10.0. The van der Waals surface area contributed by atoms with Gasteiger partial charge >= 0.3 is 5.63 Å². The Bertz CT molecular complexity index is 1200. The predicted octanol–water partition coefficient (Wildman–Crippen LogP) is 5.54. The summed E-state index contributed by atoms with van der Waals surface area (Å²) in [4.78, 5) is 12.4. The molecule has 0 radical (unpaired) electrons. The Hall–Kier alpha value is -3.09. The van der Waals surface area contributed by atoms with Gasteiger partial charge in [-0.3, -0.25) is 0 Å². The van der Waals surface area contributed by atoms with Gasteiger partial charge < -0.3 is 4.42 Å². The zero-order valence-electron chi connectivity index (χ0n) is 14.5. The SMILES string of the molecule is Cc1ccc(C#Cc2c(-c3ccc(C)cc3)oc(=O)c3sccc23)cc1. The first-order valence-electron chi connectivity index (χ1n) is 8.32. The standard InChI is InChI=1S/C23H16O2S/c1-15-3-7-17(8-4-15)9-12-19-20-13-14-26-22(20)23(24)25-21(19)18-10-5-16(2)6-11-18/h3-8,10-11,13-14H,1-2H3. The fraction of sp³-hybridized carbons (Fsp3) is 0.0870. The van der Waals surface area contributed by atoms with Gasteiger partial charge in [-0.2, -0.15) is 0 Å². The number of thiophene rings is 1. The first-order valence-corrected chi connectivity index (χ1v) is 9.20. The van der Waals surface area contributed by atoms with E-state index in [2.05, 4.69) is 11.8 Å². The average molecular weight is 356 g/mol. The Morgan fingerprint density at radius 3 is 2.19 bits per heavy atom. The zero-order valence-corrected chi connectivity index (χ0v) is 15.3. The Balaban J connectivity index is 1.94. The molecule has 2 aromatic carbocycles. The lowest BCUT2D eigenvalue weighted by Gasteiger charge is -2.05. The molecule has 0 spiro atoms. The smallest absolute Gasteiger partial charge is 0.354 e. The molecule has 3 heteroatoms. The third kappa shape index (κ3) is 3.08. The van der Waals surface area contributed by atoms with Crippen LogP contribution in [0.15, 0.2) is 69.2 Å². The van der Waals surface area contributed by atoms with E-state index in [0.717, 1.165) is 27.6 Å². The van der Waals surface area contributed by atoms with Gasteiger partial charge in [-0.15, -0.1) is 11.3 Å². The van der Waals surface area contributed by atoms with E-state index in [1.54, 1.807) is 0 Å². The largest absolute Gasteiger partial charge is 0.420 e. The highest BCUT2D eigenvalue weighted by atomic mass is 32.1. The second kappa shape index (κ2) is 6.67. The quantitative estimate of drug-likeness (QED) is 0.419. The van der Waals surface area contributed by atoms with E-state index in [4.69, 9.17) is 4.42 Å². The van der Waals surface area contributed by atoms with Crippen molar-refractivity contribution in [3.05, 3.63) is 92.7 Å². The van der Waals surface area contributed by atoms with Gasteiger partial charge in [0.2, 0.25) is 0 Å². The van der Waals surface area contributed by atoms with Crippen molar-refractivity contribution in [3.63, 3.8) is 0 Å². The monoisotopic (exact) mass is 356 g/mol. The lowest BCUT2D eigenvalue weighted by molar-refractivity contribution is 0.534. The molecule has 0 saturated heterocycles. The number of hydrogen-bond donors (Lipinski definition) is 0. The van der Waals surface area contributed by atoms with E-state index in [1.807, 2.05) is 73.8 Å². The Morgan fingerprint density at radius 2 is 1.50 bits per heavy atom. The fourth-order valence-electron chi connectivity index (χ4n) is 2.78. The van der Waals surface area contributed by atoms with Crippen molar-refractivity contribution in [2.24, 2.45) is 0 Å². The van der Waals surface area contributed by atoms with E-state index >= 15 is 0 Å². The third-order valence-corrected chi connectivity index (χ3v) is 5.13. The number of aryl methyl sites for hydroxylation is 2. The third-order valence-electron chi connectivity index (χ3n) is 4.24. The van der Waals surface area contributed by atoms with E-state index in [1.165, 1.54) is 16.9 Å². The van der Waals surface area contributed by atoms with Crippen LogP contribution in [0.25, 0.3) is 21.4 Å². The van der Waals surface area contributed by atoms with Crippen LogP contribution in [0.2, 0.25) is 0 Å². The first kappa shape index (κ1) is 16.4. The highest BCUT2D eigenvalue weighted by Gasteiger charge is 2.15. The summed E-state index contributed by atoms with van der Waals surface area (Å²) in [6.07, 6.45) is 0. The summed E-state index contributed by atoms with van der Waals surface area (Å²) in [6.45, 7) is 4.08. The van der Waals surface area contributed by atoms with E-state index in [9.17, 15) is 4.79 Å². The van der Waals surface area contributed by atoms with Gasteiger partial charge in [-0.05, 0) is 37.4 Å². The normalized spacial score (nSPS) is 10.5. The highest BCUT2D eigenvalue weighted by molar-refractivity contribution is 7.17. The van der Waals surface area contributed by atoms with Crippen LogP contribution < -0.4 is 5.63 Å². The average Bonchev–Trinajstić information content (AvgIpc) is 3.13. The van der Waals surface area contributed by atoms with Crippen molar-refractivity contribution in [2.45, 2.75) is 13.8 Å². The second-order valence-electron chi connectivity index (χ2n) is 6.24. The summed E-state index contributed by atoms with van der Waals surface area (Å²) in [5.74, 6) is 6.97. The molecule has 0 aliphatic heterocycles. The second-order valence-corrected chi connectivity index (χ2v) is 7.16. The summed E-state index contributed by atoms with van der Waals surface area (Å²) in [5.41, 5.74) is 4.58. The molecule has 0 aliphatic rings. The van der Waals surface area contributed by atoms with Gasteiger partial charge in [0, 0.05) is 16.5 Å². The number of fused-ring (bicyclic) bond motifs is 1. The minimum Gasteiger partial charge on any atom is -0.420 e. The molecule has 0 aliphatic carbocycles. The molecule has 0 saturated carbocycles. The van der Waals surface area contributed by atoms with E-state index in [-0.39, 0.29) is 5.63 Å². The summed E-state index contributed by atoms with van der Waals surface area (Å²) in [5, 5.41) is 2.75. The molecule has 0 amide bonds. The van der Waals surface area contributed by atoms with Crippen molar-refractivity contribution in [1.29, 1.82) is 0 Å². The van der Waals surface area contributed by atoms with Gasteiger partial charge in [0.25, 0.3) is 0 Å².